The molecule has 1 heterocycles. The Morgan fingerprint density at radius 3 is 2.64 bits per heavy atom. The molecule has 2 aliphatic rings. The number of hydrogen-bond donors (Lipinski definition) is 2. The maximum absolute atomic E-state index is 12.1. The van der Waals surface area contributed by atoms with Crippen LogP contribution < -0.4 is 10.6 Å². The third-order valence-electron chi connectivity index (χ3n) is 4.63. The van der Waals surface area contributed by atoms with Crippen LogP contribution in [0, 0.1) is 0 Å². The van der Waals surface area contributed by atoms with Gasteiger partial charge in [0, 0.05) is 42.6 Å². The first-order valence-electron chi connectivity index (χ1n) is 9.47. The van der Waals surface area contributed by atoms with Gasteiger partial charge in [-0.1, -0.05) is 19.3 Å². The summed E-state index contributed by atoms with van der Waals surface area (Å²) in [6.07, 6.45) is 6.56. The molecule has 0 spiro atoms. The van der Waals surface area contributed by atoms with Gasteiger partial charge in [0.2, 0.25) is 5.91 Å². The molecule has 1 aliphatic heterocycles. The molecule has 0 aromatic carbocycles. The van der Waals surface area contributed by atoms with Crippen molar-refractivity contribution in [2.45, 2.75) is 70.1 Å². The minimum Gasteiger partial charge on any atom is -0.357 e. The van der Waals surface area contributed by atoms with Crippen LogP contribution in [0.25, 0.3) is 0 Å². The number of aliphatic imine (C=N–C) groups is 1. The van der Waals surface area contributed by atoms with E-state index in [2.05, 4.69) is 36.3 Å². The first-order chi connectivity index (χ1) is 11.5. The second-order valence-corrected chi connectivity index (χ2v) is 9.22. The van der Waals surface area contributed by atoms with Crippen LogP contribution in [0.1, 0.15) is 59.3 Å². The molecule has 0 atom stereocenters. The van der Waals surface area contributed by atoms with Crippen LogP contribution >= 0.6 is 35.7 Å². The highest BCUT2D eigenvalue weighted by molar-refractivity contribution is 14.0. The van der Waals surface area contributed by atoms with Crippen molar-refractivity contribution in [3.63, 3.8) is 0 Å². The van der Waals surface area contributed by atoms with Crippen molar-refractivity contribution in [3.8, 4) is 0 Å². The van der Waals surface area contributed by atoms with Crippen molar-refractivity contribution in [1.29, 1.82) is 0 Å². The Balaban J connectivity index is 0.00000312. The topological polar surface area (TPSA) is 56.7 Å². The molecule has 0 aromatic rings. The molecule has 2 N–H and O–H groups in total. The fraction of sp³-hybridized carbons (Fsp3) is 0.889. The van der Waals surface area contributed by atoms with Crippen molar-refractivity contribution in [3.05, 3.63) is 0 Å². The molecule has 1 aliphatic carbocycles. The Kier molecular flexibility index (Phi) is 10.5. The van der Waals surface area contributed by atoms with Crippen molar-refractivity contribution >= 4 is 47.6 Å². The number of hydrogen-bond acceptors (Lipinski definition) is 3. The standard InChI is InChI=1S/C18H34N4OS.HI/c1-4-19-17(22-12-13-24-18(2,3)14-22)20-11-10-16(23)21-15-8-6-5-7-9-15;/h15H,4-14H2,1-3H3,(H,19,20)(H,21,23);1H. The summed E-state index contributed by atoms with van der Waals surface area (Å²) in [6, 6.07) is 0.392. The molecule has 0 aromatic heterocycles. The van der Waals surface area contributed by atoms with Gasteiger partial charge in [0.05, 0.1) is 6.54 Å². The van der Waals surface area contributed by atoms with E-state index in [9.17, 15) is 4.79 Å². The first-order valence-corrected chi connectivity index (χ1v) is 10.5. The van der Waals surface area contributed by atoms with E-state index in [1.807, 2.05) is 11.8 Å². The van der Waals surface area contributed by atoms with E-state index in [1.54, 1.807) is 0 Å². The number of rotatable bonds is 5. The average Bonchev–Trinajstić information content (AvgIpc) is 2.54. The van der Waals surface area contributed by atoms with Crippen LogP contribution in [0.5, 0.6) is 0 Å². The summed E-state index contributed by atoms with van der Waals surface area (Å²) in [5, 5.41) is 6.55. The zero-order valence-electron chi connectivity index (χ0n) is 16.0. The van der Waals surface area contributed by atoms with Crippen molar-refractivity contribution in [1.82, 2.24) is 15.5 Å². The van der Waals surface area contributed by atoms with Crippen LogP contribution in [0.15, 0.2) is 4.99 Å². The molecule has 7 heteroatoms. The molecular weight excluding hydrogens is 447 g/mol. The quantitative estimate of drug-likeness (QED) is 0.359. The van der Waals surface area contributed by atoms with E-state index in [1.165, 1.54) is 19.3 Å². The van der Waals surface area contributed by atoms with Gasteiger partial charge in [0.15, 0.2) is 5.96 Å². The zero-order valence-corrected chi connectivity index (χ0v) is 19.1. The second-order valence-electron chi connectivity index (χ2n) is 7.42. The van der Waals surface area contributed by atoms with Crippen LogP contribution in [0.2, 0.25) is 0 Å². The lowest BCUT2D eigenvalue weighted by Crippen LogP contribution is -2.51. The molecule has 2 rings (SSSR count). The van der Waals surface area contributed by atoms with Crippen LogP contribution in [0.4, 0.5) is 0 Å². The Labute approximate surface area is 174 Å². The summed E-state index contributed by atoms with van der Waals surface area (Å²) >= 11 is 2.02. The minimum atomic E-state index is 0. The number of carbonyl (C=O) groups is 1. The van der Waals surface area contributed by atoms with Crippen LogP contribution in [-0.2, 0) is 4.79 Å². The Morgan fingerprint density at radius 1 is 1.28 bits per heavy atom. The van der Waals surface area contributed by atoms with Gasteiger partial charge in [-0.15, -0.1) is 24.0 Å². The highest BCUT2D eigenvalue weighted by Crippen LogP contribution is 2.29. The summed E-state index contributed by atoms with van der Waals surface area (Å²) in [7, 11) is 0. The number of carbonyl (C=O) groups excluding carboxylic acids is 1. The van der Waals surface area contributed by atoms with E-state index in [0.29, 0.717) is 19.0 Å². The van der Waals surface area contributed by atoms with Gasteiger partial charge < -0.3 is 15.5 Å². The normalized spacial score (nSPS) is 21.4. The Hall–Kier alpha value is -0.180. The number of amides is 1. The van der Waals surface area contributed by atoms with Gasteiger partial charge >= 0.3 is 0 Å². The molecule has 0 unspecified atom stereocenters. The molecular formula is C18H35IN4OS. The first kappa shape index (κ1) is 22.9. The van der Waals surface area contributed by atoms with Crippen molar-refractivity contribution < 1.29 is 4.79 Å². The monoisotopic (exact) mass is 482 g/mol. The fourth-order valence-corrected chi connectivity index (χ4v) is 4.54. The maximum atomic E-state index is 12.1. The van der Waals surface area contributed by atoms with Gasteiger partial charge in [-0.25, -0.2) is 0 Å². The van der Waals surface area contributed by atoms with E-state index < -0.39 is 0 Å². The number of nitrogens with one attached hydrogen (secondary N) is 2. The molecule has 0 bridgehead atoms. The second kappa shape index (κ2) is 11.5. The number of thioether (sulfide) groups is 1. The largest absolute Gasteiger partial charge is 0.357 e. The maximum Gasteiger partial charge on any atom is 0.222 e. The molecule has 1 amide bonds. The Morgan fingerprint density at radius 2 is 2.00 bits per heavy atom. The third-order valence-corrected chi connectivity index (χ3v) is 5.93. The van der Waals surface area contributed by atoms with Crippen LogP contribution in [-0.4, -0.2) is 59.5 Å². The summed E-state index contributed by atoms with van der Waals surface area (Å²) in [4.78, 5) is 19.1. The number of guanidine groups is 1. The summed E-state index contributed by atoms with van der Waals surface area (Å²) in [6.45, 7) is 10.1. The summed E-state index contributed by atoms with van der Waals surface area (Å²) in [5.74, 6) is 2.23. The van der Waals surface area contributed by atoms with Gasteiger partial charge in [0.25, 0.3) is 0 Å². The minimum absolute atomic E-state index is 0. The summed E-state index contributed by atoms with van der Waals surface area (Å²) in [5.41, 5.74) is 0. The van der Waals surface area contributed by atoms with E-state index in [4.69, 9.17) is 4.99 Å². The van der Waals surface area contributed by atoms with Gasteiger partial charge in [0.1, 0.15) is 0 Å². The third kappa shape index (κ3) is 8.37. The Bertz CT molecular complexity index is 439. The van der Waals surface area contributed by atoms with Gasteiger partial charge in [-0.05, 0) is 33.6 Å². The smallest absolute Gasteiger partial charge is 0.222 e. The highest BCUT2D eigenvalue weighted by Gasteiger charge is 2.28. The lowest BCUT2D eigenvalue weighted by Gasteiger charge is -2.39. The van der Waals surface area contributed by atoms with E-state index >= 15 is 0 Å². The SMILES string of the molecule is CCNC(=NCCC(=O)NC1CCCCC1)N1CCSC(C)(C)C1.I. The zero-order chi connectivity index (χ0) is 17.4. The van der Waals surface area contributed by atoms with Crippen molar-refractivity contribution in [2.24, 2.45) is 4.99 Å². The number of nitrogens with zero attached hydrogens (tertiary/aromatic N) is 2. The van der Waals surface area contributed by atoms with Crippen molar-refractivity contribution in [2.75, 3.05) is 31.9 Å². The molecule has 146 valence electrons. The lowest BCUT2D eigenvalue weighted by atomic mass is 9.95. The summed E-state index contributed by atoms with van der Waals surface area (Å²) < 4.78 is 0.257. The molecule has 1 saturated carbocycles. The van der Waals surface area contributed by atoms with Gasteiger partial charge in [-0.2, -0.15) is 11.8 Å². The lowest BCUT2D eigenvalue weighted by molar-refractivity contribution is -0.121. The predicted octanol–water partition coefficient (Wildman–Crippen LogP) is 3.24. The van der Waals surface area contributed by atoms with E-state index in [-0.39, 0.29) is 34.6 Å². The molecule has 1 saturated heterocycles. The van der Waals surface area contributed by atoms with E-state index in [0.717, 1.165) is 44.2 Å². The average molecular weight is 482 g/mol. The molecule has 5 nitrogen and oxygen atoms in total. The molecule has 0 radical (unpaired) electrons. The predicted molar refractivity (Wildman–Crippen MR) is 119 cm³/mol. The highest BCUT2D eigenvalue weighted by atomic mass is 127. The van der Waals surface area contributed by atoms with Gasteiger partial charge in [-0.3, -0.25) is 9.79 Å². The fourth-order valence-electron chi connectivity index (χ4n) is 3.43. The molecule has 2 fully saturated rings. The number of halogens is 1. The molecule has 25 heavy (non-hydrogen) atoms. The van der Waals surface area contributed by atoms with Crippen LogP contribution in [0.3, 0.4) is 0 Å².